The largest absolute Gasteiger partial charge is 0.475 e. The molecule has 0 spiro atoms. The SMILES string of the molecule is CCc1ccc(-c2nc3cc(OC4CCC5C(C)CCC45)[nH]c3cc2F)cc1. The highest BCUT2D eigenvalue weighted by Gasteiger charge is 2.44. The van der Waals surface area contributed by atoms with Crippen LogP contribution in [0.15, 0.2) is 36.4 Å². The first-order valence-electron chi connectivity index (χ1n) is 10.6. The second-order valence-corrected chi connectivity index (χ2v) is 8.55. The first-order chi connectivity index (χ1) is 13.6. The Labute approximate surface area is 165 Å². The lowest BCUT2D eigenvalue weighted by atomic mass is 9.93. The van der Waals surface area contributed by atoms with Crippen LogP contribution < -0.4 is 4.74 Å². The minimum absolute atomic E-state index is 0.272. The lowest BCUT2D eigenvalue weighted by Gasteiger charge is -2.19. The third-order valence-electron chi connectivity index (χ3n) is 6.94. The van der Waals surface area contributed by atoms with Crippen molar-refractivity contribution in [1.82, 2.24) is 9.97 Å². The molecule has 0 bridgehead atoms. The molecule has 0 radical (unpaired) electrons. The van der Waals surface area contributed by atoms with Gasteiger partial charge in [-0.1, -0.05) is 44.5 Å². The zero-order chi connectivity index (χ0) is 19.3. The summed E-state index contributed by atoms with van der Waals surface area (Å²) in [6.45, 7) is 4.48. The number of nitrogens with one attached hydrogen (secondary N) is 1. The molecule has 2 aliphatic rings. The van der Waals surface area contributed by atoms with Gasteiger partial charge in [-0.2, -0.15) is 0 Å². The Balaban J connectivity index is 1.41. The summed E-state index contributed by atoms with van der Waals surface area (Å²) in [7, 11) is 0. The average molecular weight is 378 g/mol. The standard InChI is InChI=1S/C24H27FN2O/c1-3-15-5-7-16(8-6-15)24-19(25)12-20-21(27-24)13-23(26-20)28-22-11-10-17-14(2)4-9-18(17)22/h5-8,12-14,17-18,22,26H,3-4,9-11H2,1-2H3. The molecule has 2 fully saturated rings. The van der Waals surface area contributed by atoms with E-state index < -0.39 is 0 Å². The van der Waals surface area contributed by atoms with E-state index in [0.29, 0.717) is 23.0 Å². The normalized spacial score (nSPS) is 26.7. The summed E-state index contributed by atoms with van der Waals surface area (Å²) < 4.78 is 21.0. The number of hydrogen-bond donors (Lipinski definition) is 1. The minimum Gasteiger partial charge on any atom is -0.475 e. The van der Waals surface area contributed by atoms with Crippen molar-refractivity contribution in [2.75, 3.05) is 0 Å². The summed E-state index contributed by atoms with van der Waals surface area (Å²) in [5.74, 6) is 2.70. The number of rotatable bonds is 4. The highest BCUT2D eigenvalue weighted by molar-refractivity contribution is 5.80. The highest BCUT2D eigenvalue weighted by atomic mass is 19.1. The van der Waals surface area contributed by atoms with Gasteiger partial charge in [0.2, 0.25) is 0 Å². The van der Waals surface area contributed by atoms with Crippen LogP contribution in [0, 0.1) is 23.6 Å². The molecule has 3 aromatic rings. The topological polar surface area (TPSA) is 37.9 Å². The molecule has 4 atom stereocenters. The summed E-state index contributed by atoms with van der Waals surface area (Å²) >= 11 is 0. The molecule has 1 N–H and O–H groups in total. The lowest BCUT2D eigenvalue weighted by Crippen LogP contribution is -2.22. The predicted octanol–water partition coefficient (Wildman–Crippen LogP) is 6.13. The number of fused-ring (bicyclic) bond motifs is 2. The Morgan fingerprint density at radius 1 is 1.07 bits per heavy atom. The first kappa shape index (κ1) is 17.7. The first-order valence-corrected chi connectivity index (χ1v) is 10.6. The molecule has 5 rings (SSSR count). The average Bonchev–Trinajstić information content (AvgIpc) is 3.38. The summed E-state index contributed by atoms with van der Waals surface area (Å²) in [5.41, 5.74) is 3.87. The van der Waals surface area contributed by atoms with Gasteiger partial charge in [0.05, 0.1) is 11.0 Å². The number of halogens is 1. The minimum atomic E-state index is -0.310. The van der Waals surface area contributed by atoms with Crippen LogP contribution in [0.3, 0.4) is 0 Å². The van der Waals surface area contributed by atoms with E-state index in [4.69, 9.17) is 4.74 Å². The van der Waals surface area contributed by atoms with Crippen LogP contribution in [0.1, 0.15) is 45.1 Å². The van der Waals surface area contributed by atoms with E-state index in [0.717, 1.165) is 35.8 Å². The number of hydrogen-bond acceptors (Lipinski definition) is 2. The van der Waals surface area contributed by atoms with Crippen molar-refractivity contribution >= 4 is 11.0 Å². The summed E-state index contributed by atoms with van der Waals surface area (Å²) in [5, 5.41) is 0. The Bertz CT molecular complexity index is 994. The van der Waals surface area contributed by atoms with Crippen molar-refractivity contribution in [3.63, 3.8) is 0 Å². The lowest BCUT2D eigenvalue weighted by molar-refractivity contribution is 0.144. The van der Waals surface area contributed by atoms with E-state index in [2.05, 4.69) is 23.8 Å². The van der Waals surface area contributed by atoms with Gasteiger partial charge in [-0.15, -0.1) is 0 Å². The zero-order valence-corrected chi connectivity index (χ0v) is 16.5. The second-order valence-electron chi connectivity index (χ2n) is 8.55. The van der Waals surface area contributed by atoms with Crippen molar-refractivity contribution in [2.24, 2.45) is 17.8 Å². The zero-order valence-electron chi connectivity index (χ0n) is 16.5. The molecule has 28 heavy (non-hydrogen) atoms. The van der Waals surface area contributed by atoms with Gasteiger partial charge >= 0.3 is 0 Å². The second kappa shape index (κ2) is 6.91. The van der Waals surface area contributed by atoms with Crippen molar-refractivity contribution < 1.29 is 9.13 Å². The van der Waals surface area contributed by atoms with E-state index in [-0.39, 0.29) is 11.9 Å². The highest BCUT2D eigenvalue weighted by Crippen LogP contribution is 2.48. The maximum Gasteiger partial charge on any atom is 0.193 e. The van der Waals surface area contributed by atoms with E-state index in [1.54, 1.807) is 0 Å². The van der Waals surface area contributed by atoms with E-state index in [1.807, 2.05) is 30.3 Å². The van der Waals surface area contributed by atoms with E-state index in [9.17, 15) is 4.39 Å². The molecular weight excluding hydrogens is 351 g/mol. The van der Waals surface area contributed by atoms with Crippen LogP contribution in [-0.2, 0) is 6.42 Å². The molecule has 3 nitrogen and oxygen atoms in total. The predicted molar refractivity (Wildman–Crippen MR) is 110 cm³/mol. The molecule has 1 aromatic carbocycles. The monoisotopic (exact) mass is 378 g/mol. The number of aromatic nitrogens is 2. The van der Waals surface area contributed by atoms with Crippen LogP contribution in [0.25, 0.3) is 22.3 Å². The third-order valence-corrected chi connectivity index (χ3v) is 6.94. The smallest absolute Gasteiger partial charge is 0.193 e. The number of aromatic amines is 1. The van der Waals surface area contributed by atoms with E-state index >= 15 is 0 Å². The Morgan fingerprint density at radius 2 is 1.86 bits per heavy atom. The van der Waals surface area contributed by atoms with Gasteiger partial charge in [0, 0.05) is 17.7 Å². The van der Waals surface area contributed by atoms with Gasteiger partial charge < -0.3 is 9.72 Å². The molecule has 4 unspecified atom stereocenters. The Morgan fingerprint density at radius 3 is 2.64 bits per heavy atom. The fraction of sp³-hybridized carbons (Fsp3) is 0.458. The molecule has 0 aliphatic heterocycles. The number of nitrogens with zero attached hydrogens (tertiary/aromatic N) is 1. The fourth-order valence-electron chi connectivity index (χ4n) is 5.32. The van der Waals surface area contributed by atoms with Crippen molar-refractivity contribution in [2.45, 2.75) is 52.1 Å². The van der Waals surface area contributed by atoms with Crippen LogP contribution in [0.5, 0.6) is 5.88 Å². The van der Waals surface area contributed by atoms with Crippen molar-refractivity contribution in [1.29, 1.82) is 0 Å². The fourth-order valence-corrected chi connectivity index (χ4v) is 5.32. The summed E-state index contributed by atoms with van der Waals surface area (Å²) in [6, 6.07) is 11.4. The molecule has 2 aliphatic carbocycles. The maximum absolute atomic E-state index is 14.7. The quantitative estimate of drug-likeness (QED) is 0.592. The Kier molecular flexibility index (Phi) is 4.37. The van der Waals surface area contributed by atoms with Gasteiger partial charge in [0.15, 0.2) is 11.7 Å². The van der Waals surface area contributed by atoms with Crippen LogP contribution >= 0.6 is 0 Å². The number of H-pyrrole nitrogens is 1. The van der Waals surface area contributed by atoms with Crippen molar-refractivity contribution in [3.8, 4) is 17.1 Å². The summed E-state index contributed by atoms with van der Waals surface area (Å²) in [4.78, 5) is 7.81. The van der Waals surface area contributed by atoms with Gasteiger partial charge in [-0.25, -0.2) is 9.37 Å². The molecular formula is C24H27FN2O. The van der Waals surface area contributed by atoms with Gasteiger partial charge in [0.1, 0.15) is 11.8 Å². The Hall–Kier alpha value is -2.36. The number of ether oxygens (including phenoxy) is 1. The van der Waals surface area contributed by atoms with Crippen LogP contribution in [0.2, 0.25) is 0 Å². The van der Waals surface area contributed by atoms with Crippen molar-refractivity contribution in [3.05, 3.63) is 47.8 Å². The van der Waals surface area contributed by atoms with Gasteiger partial charge in [0.25, 0.3) is 0 Å². The number of aryl methyl sites for hydroxylation is 1. The molecule has 0 amide bonds. The molecule has 2 heterocycles. The molecule has 0 saturated heterocycles. The number of benzene rings is 1. The molecule has 2 aromatic heterocycles. The maximum atomic E-state index is 14.7. The molecule has 2 saturated carbocycles. The number of pyridine rings is 1. The van der Waals surface area contributed by atoms with Crippen LogP contribution in [0.4, 0.5) is 4.39 Å². The third kappa shape index (κ3) is 2.99. The molecule has 146 valence electrons. The van der Waals surface area contributed by atoms with E-state index in [1.165, 1.54) is 30.9 Å². The van der Waals surface area contributed by atoms with Gasteiger partial charge in [-0.05, 0) is 49.0 Å². The summed E-state index contributed by atoms with van der Waals surface area (Å²) in [6.07, 6.45) is 6.20. The molecule has 4 heteroatoms. The van der Waals surface area contributed by atoms with Gasteiger partial charge in [-0.3, -0.25) is 0 Å². The van der Waals surface area contributed by atoms with Crippen LogP contribution in [-0.4, -0.2) is 16.1 Å².